The molecule has 0 heterocycles. The normalized spacial score (nSPS) is 27.8. The lowest BCUT2D eigenvalue weighted by Crippen LogP contribution is -2.44. The van der Waals surface area contributed by atoms with E-state index in [0.29, 0.717) is 18.5 Å². The molecule has 0 radical (unpaired) electrons. The van der Waals surface area contributed by atoms with Crippen LogP contribution in [0.2, 0.25) is 0 Å². The molecule has 0 unspecified atom stereocenters. The molecule has 5 nitrogen and oxygen atoms in total. The third-order valence-electron chi connectivity index (χ3n) is 4.74. The Hall–Kier alpha value is -1.26. The summed E-state index contributed by atoms with van der Waals surface area (Å²) in [6.45, 7) is 0.712. The molecular weight excluding hydrogens is 254 g/mol. The van der Waals surface area contributed by atoms with E-state index in [0.717, 1.165) is 38.5 Å². The fourth-order valence-corrected chi connectivity index (χ4v) is 3.37. The van der Waals surface area contributed by atoms with E-state index in [4.69, 9.17) is 5.73 Å². The summed E-state index contributed by atoms with van der Waals surface area (Å²) < 4.78 is 0. The van der Waals surface area contributed by atoms with Gasteiger partial charge in [-0.1, -0.05) is 19.3 Å². The predicted octanol–water partition coefficient (Wildman–Crippen LogP) is 1.91. The molecule has 4 N–H and O–H groups in total. The summed E-state index contributed by atoms with van der Waals surface area (Å²) in [5.41, 5.74) is 5.32. The Morgan fingerprint density at radius 1 is 0.950 bits per heavy atom. The summed E-state index contributed by atoms with van der Waals surface area (Å²) >= 11 is 0. The highest BCUT2D eigenvalue weighted by Gasteiger charge is 2.25. The van der Waals surface area contributed by atoms with E-state index in [1.54, 1.807) is 0 Å². The fraction of sp³-hybridized carbons (Fsp3) is 0.867. The summed E-state index contributed by atoms with van der Waals surface area (Å²) in [6.07, 6.45) is 9.66. The van der Waals surface area contributed by atoms with Crippen LogP contribution in [0.3, 0.4) is 0 Å². The second-order valence-electron chi connectivity index (χ2n) is 6.31. The van der Waals surface area contributed by atoms with E-state index < -0.39 is 0 Å². The third-order valence-corrected chi connectivity index (χ3v) is 4.74. The minimum absolute atomic E-state index is 0.0334. The second kappa shape index (κ2) is 7.50. The van der Waals surface area contributed by atoms with Gasteiger partial charge in [-0.15, -0.1) is 0 Å². The number of amides is 3. The number of nitrogens with one attached hydrogen (secondary N) is 2. The van der Waals surface area contributed by atoms with Crippen LogP contribution in [0, 0.1) is 11.8 Å². The van der Waals surface area contributed by atoms with E-state index in [1.807, 2.05) is 0 Å². The first-order chi connectivity index (χ1) is 9.65. The molecular formula is C15H27N3O2. The van der Waals surface area contributed by atoms with E-state index in [2.05, 4.69) is 10.6 Å². The van der Waals surface area contributed by atoms with Crippen molar-refractivity contribution in [1.82, 2.24) is 10.6 Å². The van der Waals surface area contributed by atoms with Crippen LogP contribution in [0.25, 0.3) is 0 Å². The first-order valence-electron chi connectivity index (χ1n) is 7.99. The van der Waals surface area contributed by atoms with Crippen molar-refractivity contribution in [3.05, 3.63) is 0 Å². The van der Waals surface area contributed by atoms with Gasteiger partial charge in [0.2, 0.25) is 5.91 Å². The summed E-state index contributed by atoms with van der Waals surface area (Å²) in [4.78, 5) is 22.9. The lowest BCUT2D eigenvalue weighted by Gasteiger charge is -2.27. The number of carbonyl (C=O) groups is 2. The van der Waals surface area contributed by atoms with Gasteiger partial charge in [-0.2, -0.15) is 0 Å². The molecule has 2 aliphatic rings. The van der Waals surface area contributed by atoms with Gasteiger partial charge in [-0.25, -0.2) is 4.79 Å². The van der Waals surface area contributed by atoms with Crippen LogP contribution in [-0.4, -0.2) is 24.5 Å². The number of primary amides is 1. The number of urea groups is 1. The summed E-state index contributed by atoms with van der Waals surface area (Å²) in [6, 6.07) is 0.322. The summed E-state index contributed by atoms with van der Waals surface area (Å²) in [7, 11) is 0. The van der Waals surface area contributed by atoms with Crippen LogP contribution in [-0.2, 0) is 4.79 Å². The Morgan fingerprint density at radius 2 is 1.60 bits per heavy atom. The Kier molecular flexibility index (Phi) is 5.68. The molecule has 5 heteroatoms. The lowest BCUT2D eigenvalue weighted by atomic mass is 9.82. The van der Waals surface area contributed by atoms with Crippen molar-refractivity contribution in [2.45, 2.75) is 63.8 Å². The smallest absolute Gasteiger partial charge is 0.315 e. The van der Waals surface area contributed by atoms with Gasteiger partial charge in [-0.05, 0) is 44.4 Å². The van der Waals surface area contributed by atoms with E-state index in [1.165, 1.54) is 19.3 Å². The first kappa shape index (κ1) is 15.1. The molecule has 20 heavy (non-hydrogen) atoms. The molecule has 0 saturated heterocycles. The van der Waals surface area contributed by atoms with E-state index in [-0.39, 0.29) is 17.9 Å². The molecule has 0 bridgehead atoms. The van der Waals surface area contributed by atoms with Crippen LogP contribution in [0.15, 0.2) is 0 Å². The van der Waals surface area contributed by atoms with Crippen molar-refractivity contribution in [1.29, 1.82) is 0 Å². The molecule has 0 aromatic rings. The average Bonchev–Trinajstić information content (AvgIpc) is 2.46. The van der Waals surface area contributed by atoms with E-state index >= 15 is 0 Å². The average molecular weight is 281 g/mol. The Morgan fingerprint density at radius 3 is 2.20 bits per heavy atom. The molecule has 3 amide bonds. The number of rotatable bonds is 4. The summed E-state index contributed by atoms with van der Waals surface area (Å²) in [5, 5.41) is 6.04. The molecule has 0 aliphatic heterocycles. The maximum atomic E-state index is 11.8. The highest BCUT2D eigenvalue weighted by Crippen LogP contribution is 2.28. The molecule has 2 aliphatic carbocycles. The van der Waals surface area contributed by atoms with Crippen molar-refractivity contribution in [2.24, 2.45) is 17.6 Å². The summed E-state index contributed by atoms with van der Waals surface area (Å²) in [5.74, 6) is 0.358. The van der Waals surface area contributed by atoms with Crippen molar-refractivity contribution >= 4 is 11.9 Å². The molecule has 0 aromatic heterocycles. The zero-order valence-electron chi connectivity index (χ0n) is 12.2. The first-order valence-corrected chi connectivity index (χ1v) is 7.99. The highest BCUT2D eigenvalue weighted by molar-refractivity contribution is 5.76. The largest absolute Gasteiger partial charge is 0.369 e. The molecule has 2 saturated carbocycles. The Bertz CT molecular complexity index is 332. The number of hydrogen-bond donors (Lipinski definition) is 3. The Labute approximate surface area is 121 Å². The number of carbonyl (C=O) groups excluding carboxylic acids is 2. The van der Waals surface area contributed by atoms with Gasteiger partial charge >= 0.3 is 6.03 Å². The van der Waals surface area contributed by atoms with Gasteiger partial charge < -0.3 is 16.4 Å². The maximum absolute atomic E-state index is 11.8. The monoisotopic (exact) mass is 281 g/mol. The van der Waals surface area contributed by atoms with Crippen LogP contribution in [0.1, 0.15) is 57.8 Å². The molecule has 2 fully saturated rings. The van der Waals surface area contributed by atoms with Crippen LogP contribution < -0.4 is 16.4 Å². The minimum atomic E-state index is -0.175. The fourth-order valence-electron chi connectivity index (χ4n) is 3.37. The van der Waals surface area contributed by atoms with Crippen LogP contribution in [0.4, 0.5) is 4.79 Å². The minimum Gasteiger partial charge on any atom is -0.369 e. The topological polar surface area (TPSA) is 84.2 Å². The van der Waals surface area contributed by atoms with Crippen molar-refractivity contribution in [3.8, 4) is 0 Å². The van der Waals surface area contributed by atoms with Gasteiger partial charge in [0.25, 0.3) is 0 Å². The maximum Gasteiger partial charge on any atom is 0.315 e. The zero-order valence-corrected chi connectivity index (χ0v) is 12.2. The molecule has 2 rings (SSSR count). The van der Waals surface area contributed by atoms with Crippen LogP contribution in [0.5, 0.6) is 0 Å². The van der Waals surface area contributed by atoms with Gasteiger partial charge in [0.15, 0.2) is 0 Å². The lowest BCUT2D eigenvalue weighted by molar-refractivity contribution is -0.122. The van der Waals surface area contributed by atoms with E-state index in [9.17, 15) is 9.59 Å². The molecule has 0 aromatic carbocycles. The highest BCUT2D eigenvalue weighted by atomic mass is 16.2. The Balaban J connectivity index is 1.60. The van der Waals surface area contributed by atoms with Crippen molar-refractivity contribution in [2.75, 3.05) is 6.54 Å². The molecule has 0 spiro atoms. The van der Waals surface area contributed by atoms with Crippen LogP contribution >= 0.6 is 0 Å². The van der Waals surface area contributed by atoms with Gasteiger partial charge in [0.05, 0.1) is 0 Å². The predicted molar refractivity (Wildman–Crippen MR) is 78.0 cm³/mol. The number of hydrogen-bond acceptors (Lipinski definition) is 2. The molecule has 0 atom stereocenters. The standard InChI is InChI=1S/C15H27N3O2/c16-14(19)12-8-6-11(7-9-12)10-17-15(20)18-13-4-2-1-3-5-13/h11-13H,1-10H2,(H2,16,19)(H2,17,18,20). The number of nitrogens with two attached hydrogens (primary N) is 1. The molecule has 114 valence electrons. The second-order valence-corrected chi connectivity index (χ2v) is 6.31. The van der Waals surface area contributed by atoms with Gasteiger partial charge in [0, 0.05) is 18.5 Å². The third kappa shape index (κ3) is 4.69. The SMILES string of the molecule is NC(=O)C1CCC(CNC(=O)NC2CCCCC2)CC1. The van der Waals surface area contributed by atoms with Gasteiger partial charge in [0.1, 0.15) is 0 Å². The van der Waals surface area contributed by atoms with Crippen molar-refractivity contribution < 1.29 is 9.59 Å². The van der Waals surface area contributed by atoms with Crippen molar-refractivity contribution in [3.63, 3.8) is 0 Å². The zero-order chi connectivity index (χ0) is 14.4. The quantitative estimate of drug-likeness (QED) is 0.735. The van der Waals surface area contributed by atoms with Gasteiger partial charge in [-0.3, -0.25) is 4.79 Å².